The fourth-order valence-corrected chi connectivity index (χ4v) is 3.48. The van der Waals surface area contributed by atoms with Crippen LogP contribution >= 0.6 is 0 Å². The molecule has 0 spiro atoms. The summed E-state index contributed by atoms with van der Waals surface area (Å²) in [5.74, 6) is 1.53. The first kappa shape index (κ1) is 20.9. The van der Waals surface area contributed by atoms with Gasteiger partial charge in [0.2, 0.25) is 5.88 Å². The van der Waals surface area contributed by atoms with Gasteiger partial charge in [-0.15, -0.1) is 0 Å². The summed E-state index contributed by atoms with van der Waals surface area (Å²) in [5.41, 5.74) is 1.10. The first-order chi connectivity index (χ1) is 13.8. The quantitative estimate of drug-likeness (QED) is 0.363. The molecule has 1 aliphatic carbocycles. The second kappa shape index (κ2) is 11.9. The Balaban J connectivity index is 1.41. The first-order valence-corrected chi connectivity index (χ1v) is 10.7. The van der Waals surface area contributed by atoms with Gasteiger partial charge in [-0.3, -0.25) is 0 Å². The number of nitrogens with one attached hydrogen (secondary N) is 2. The normalized spacial score (nSPS) is 20.5. The Morgan fingerprint density at radius 2 is 2.14 bits per heavy atom. The third kappa shape index (κ3) is 7.28. The van der Waals surface area contributed by atoms with E-state index < -0.39 is 0 Å². The van der Waals surface area contributed by atoms with E-state index in [1.54, 1.807) is 6.20 Å². The van der Waals surface area contributed by atoms with Gasteiger partial charge < -0.3 is 24.8 Å². The molecule has 156 valence electrons. The van der Waals surface area contributed by atoms with Gasteiger partial charge in [-0.25, -0.2) is 9.98 Å². The summed E-state index contributed by atoms with van der Waals surface area (Å²) in [6.45, 7) is 6.61. The highest BCUT2D eigenvalue weighted by Gasteiger charge is 2.17. The van der Waals surface area contributed by atoms with Crippen molar-refractivity contribution in [3.8, 4) is 5.88 Å². The van der Waals surface area contributed by atoms with Gasteiger partial charge in [0.05, 0.1) is 19.3 Å². The van der Waals surface area contributed by atoms with Crippen molar-refractivity contribution in [3.63, 3.8) is 0 Å². The molecule has 3 rings (SSSR count). The molecule has 1 aliphatic heterocycles. The summed E-state index contributed by atoms with van der Waals surface area (Å²) in [6.07, 6.45) is 9.13. The molecular weight excluding hydrogens is 356 g/mol. The van der Waals surface area contributed by atoms with E-state index in [0.717, 1.165) is 70.1 Å². The van der Waals surface area contributed by atoms with E-state index in [2.05, 4.69) is 27.5 Å². The summed E-state index contributed by atoms with van der Waals surface area (Å²) >= 11 is 0. The van der Waals surface area contributed by atoms with Crippen LogP contribution in [0.15, 0.2) is 23.3 Å². The third-order valence-electron chi connectivity index (χ3n) is 5.01. The number of pyridine rings is 1. The predicted octanol–water partition coefficient (Wildman–Crippen LogP) is 2.65. The molecule has 0 bridgehead atoms. The van der Waals surface area contributed by atoms with Crippen LogP contribution in [0.2, 0.25) is 0 Å². The summed E-state index contributed by atoms with van der Waals surface area (Å²) in [6, 6.07) is 4.00. The van der Waals surface area contributed by atoms with Crippen LogP contribution < -0.4 is 15.4 Å². The zero-order chi connectivity index (χ0) is 19.4. The first-order valence-electron chi connectivity index (χ1n) is 10.7. The van der Waals surface area contributed by atoms with E-state index in [-0.39, 0.29) is 6.10 Å². The standard InChI is InChI=1S/C21H34N4O3/c1-2-22-21(24-10-5-12-27-19-9-13-26-16-19)25-15-17-8-11-23-20(14-17)28-18-6-3-4-7-18/h8,11,14,18-19H,2-7,9-10,12-13,15-16H2,1H3,(H2,22,24,25). The molecule has 0 aromatic carbocycles. The van der Waals surface area contributed by atoms with Crippen LogP contribution in [0.25, 0.3) is 0 Å². The van der Waals surface area contributed by atoms with E-state index in [1.807, 2.05) is 12.1 Å². The van der Waals surface area contributed by atoms with Gasteiger partial charge in [0.15, 0.2) is 5.96 Å². The molecule has 2 heterocycles. The average molecular weight is 391 g/mol. The largest absolute Gasteiger partial charge is 0.474 e. The molecule has 1 unspecified atom stereocenters. The van der Waals surface area contributed by atoms with E-state index in [0.29, 0.717) is 18.5 Å². The lowest BCUT2D eigenvalue weighted by molar-refractivity contribution is 0.0420. The lowest BCUT2D eigenvalue weighted by Gasteiger charge is -2.14. The Hall–Kier alpha value is -1.86. The monoisotopic (exact) mass is 390 g/mol. The molecule has 1 saturated carbocycles. The van der Waals surface area contributed by atoms with Crippen LogP contribution in [0.5, 0.6) is 5.88 Å². The van der Waals surface area contributed by atoms with Crippen molar-refractivity contribution in [2.75, 3.05) is 32.9 Å². The number of guanidine groups is 1. The molecule has 2 aliphatic rings. The number of rotatable bonds is 10. The van der Waals surface area contributed by atoms with Crippen LogP contribution in [0.4, 0.5) is 0 Å². The maximum absolute atomic E-state index is 5.99. The van der Waals surface area contributed by atoms with Gasteiger partial charge in [0, 0.05) is 38.6 Å². The maximum atomic E-state index is 5.99. The number of aliphatic imine (C=N–C) groups is 1. The maximum Gasteiger partial charge on any atom is 0.213 e. The second-order valence-electron chi connectivity index (χ2n) is 7.36. The van der Waals surface area contributed by atoms with E-state index in [9.17, 15) is 0 Å². The Kier molecular flexibility index (Phi) is 8.84. The van der Waals surface area contributed by atoms with Crippen molar-refractivity contribution in [2.24, 2.45) is 4.99 Å². The number of hydrogen-bond donors (Lipinski definition) is 2. The fraction of sp³-hybridized carbons (Fsp3) is 0.714. The third-order valence-corrected chi connectivity index (χ3v) is 5.01. The fourth-order valence-electron chi connectivity index (χ4n) is 3.48. The van der Waals surface area contributed by atoms with Crippen molar-refractivity contribution in [3.05, 3.63) is 23.9 Å². The summed E-state index contributed by atoms with van der Waals surface area (Å²) < 4.78 is 17.1. The van der Waals surface area contributed by atoms with Crippen LogP contribution in [0.1, 0.15) is 51.0 Å². The van der Waals surface area contributed by atoms with Gasteiger partial charge in [-0.1, -0.05) is 0 Å². The minimum Gasteiger partial charge on any atom is -0.474 e. The number of nitrogens with zero attached hydrogens (tertiary/aromatic N) is 2. The minimum absolute atomic E-state index is 0.272. The highest BCUT2D eigenvalue weighted by molar-refractivity contribution is 5.79. The van der Waals surface area contributed by atoms with E-state index >= 15 is 0 Å². The predicted molar refractivity (Wildman–Crippen MR) is 110 cm³/mol. The number of hydrogen-bond acceptors (Lipinski definition) is 5. The molecule has 2 N–H and O–H groups in total. The Labute approximate surface area is 168 Å². The smallest absolute Gasteiger partial charge is 0.213 e. The highest BCUT2D eigenvalue weighted by atomic mass is 16.5. The van der Waals surface area contributed by atoms with Crippen molar-refractivity contribution < 1.29 is 14.2 Å². The molecule has 1 aromatic heterocycles. The van der Waals surface area contributed by atoms with Crippen LogP contribution in [-0.4, -0.2) is 56.1 Å². The molecule has 7 nitrogen and oxygen atoms in total. The molecule has 28 heavy (non-hydrogen) atoms. The zero-order valence-electron chi connectivity index (χ0n) is 17.0. The molecule has 1 atom stereocenters. The van der Waals surface area contributed by atoms with Gasteiger partial charge >= 0.3 is 0 Å². The summed E-state index contributed by atoms with van der Waals surface area (Å²) in [7, 11) is 0. The van der Waals surface area contributed by atoms with Gasteiger partial charge in [-0.05, 0) is 57.1 Å². The van der Waals surface area contributed by atoms with Gasteiger partial charge in [-0.2, -0.15) is 0 Å². The van der Waals surface area contributed by atoms with E-state index in [4.69, 9.17) is 14.2 Å². The van der Waals surface area contributed by atoms with Crippen LogP contribution in [-0.2, 0) is 16.0 Å². The molecule has 0 amide bonds. The SMILES string of the molecule is CCNC(=NCc1ccnc(OC2CCCC2)c1)NCCCOC1CCOC1. The van der Waals surface area contributed by atoms with Crippen molar-refractivity contribution in [1.82, 2.24) is 15.6 Å². The highest BCUT2D eigenvalue weighted by Crippen LogP contribution is 2.23. The topological polar surface area (TPSA) is 77.0 Å². The Morgan fingerprint density at radius 1 is 1.25 bits per heavy atom. The van der Waals surface area contributed by atoms with E-state index in [1.165, 1.54) is 12.8 Å². The lowest BCUT2D eigenvalue weighted by Crippen LogP contribution is -2.38. The molecular formula is C21H34N4O3. The molecule has 1 aromatic rings. The average Bonchev–Trinajstić information content (AvgIpc) is 3.40. The van der Waals surface area contributed by atoms with Crippen molar-refractivity contribution in [2.45, 2.75) is 64.2 Å². The van der Waals surface area contributed by atoms with Gasteiger partial charge in [0.25, 0.3) is 0 Å². The Morgan fingerprint density at radius 3 is 2.93 bits per heavy atom. The molecule has 7 heteroatoms. The summed E-state index contributed by atoms with van der Waals surface area (Å²) in [5, 5.41) is 6.66. The van der Waals surface area contributed by atoms with Crippen molar-refractivity contribution in [1.29, 1.82) is 0 Å². The lowest BCUT2D eigenvalue weighted by atomic mass is 10.2. The molecule has 1 saturated heterocycles. The Bertz CT molecular complexity index is 599. The van der Waals surface area contributed by atoms with Crippen LogP contribution in [0, 0.1) is 0 Å². The molecule has 2 fully saturated rings. The number of aromatic nitrogens is 1. The summed E-state index contributed by atoms with van der Waals surface area (Å²) in [4.78, 5) is 9.03. The second-order valence-corrected chi connectivity index (χ2v) is 7.36. The van der Waals surface area contributed by atoms with Gasteiger partial charge in [0.1, 0.15) is 6.10 Å². The minimum atomic E-state index is 0.272. The van der Waals surface area contributed by atoms with Crippen LogP contribution in [0.3, 0.4) is 0 Å². The van der Waals surface area contributed by atoms with Crippen molar-refractivity contribution >= 4 is 5.96 Å². The molecule has 0 radical (unpaired) electrons. The zero-order valence-corrected chi connectivity index (χ0v) is 17.0. The number of ether oxygens (including phenoxy) is 3.